The summed E-state index contributed by atoms with van der Waals surface area (Å²) in [5.74, 6) is 0.180. The molecule has 0 radical (unpaired) electrons. The summed E-state index contributed by atoms with van der Waals surface area (Å²) in [6.45, 7) is 2.07. The monoisotopic (exact) mass is 259 g/mol. The van der Waals surface area contributed by atoms with Crippen LogP contribution in [0.4, 0.5) is 0 Å². The van der Waals surface area contributed by atoms with Crippen LogP contribution in [0, 0.1) is 0 Å². The van der Waals surface area contributed by atoms with E-state index in [1.54, 1.807) is 32.4 Å². The molecule has 0 aliphatic heterocycles. The van der Waals surface area contributed by atoms with Gasteiger partial charge in [-0.1, -0.05) is 0 Å². The van der Waals surface area contributed by atoms with E-state index in [1.807, 2.05) is 0 Å². The van der Waals surface area contributed by atoms with Gasteiger partial charge in [0.25, 0.3) is 0 Å². The predicted molar refractivity (Wildman–Crippen MR) is 67.8 cm³/mol. The lowest BCUT2D eigenvalue weighted by atomic mass is 10.1. The Bertz CT molecular complexity index is 587. The summed E-state index contributed by atoms with van der Waals surface area (Å²) in [4.78, 5) is 15.6. The third-order valence-electron chi connectivity index (χ3n) is 2.41. The van der Waals surface area contributed by atoms with Crippen LogP contribution < -0.4 is 4.74 Å². The average Bonchev–Trinajstić information content (AvgIpc) is 2.48. The van der Waals surface area contributed by atoms with E-state index < -0.39 is 5.97 Å². The SMILES string of the molecule is CCOC(=O)c1cncc(-c2cc(OC)cnn2)c1. The molecular formula is C13H13N3O3. The average molecular weight is 259 g/mol. The lowest BCUT2D eigenvalue weighted by Gasteiger charge is -2.05. The number of hydrogen-bond donors (Lipinski definition) is 0. The molecule has 0 atom stereocenters. The van der Waals surface area contributed by atoms with Gasteiger partial charge in [-0.2, -0.15) is 10.2 Å². The fraction of sp³-hybridized carbons (Fsp3) is 0.231. The lowest BCUT2D eigenvalue weighted by Crippen LogP contribution is -2.05. The van der Waals surface area contributed by atoms with Crippen LogP contribution in [0.5, 0.6) is 5.75 Å². The Balaban J connectivity index is 2.34. The molecule has 6 nitrogen and oxygen atoms in total. The molecule has 0 aliphatic rings. The van der Waals surface area contributed by atoms with Gasteiger partial charge in [0.15, 0.2) is 0 Å². The van der Waals surface area contributed by atoms with E-state index in [4.69, 9.17) is 9.47 Å². The first kappa shape index (κ1) is 12.9. The van der Waals surface area contributed by atoms with Gasteiger partial charge < -0.3 is 9.47 Å². The molecule has 0 saturated carbocycles. The minimum Gasteiger partial charge on any atom is -0.495 e. The van der Waals surface area contributed by atoms with Crippen molar-refractivity contribution in [1.82, 2.24) is 15.2 Å². The molecule has 0 saturated heterocycles. The molecule has 2 aromatic rings. The van der Waals surface area contributed by atoms with Gasteiger partial charge in [-0.25, -0.2) is 4.79 Å². The number of aromatic nitrogens is 3. The van der Waals surface area contributed by atoms with Gasteiger partial charge in [-0.05, 0) is 13.0 Å². The number of carbonyl (C=O) groups is 1. The second-order valence-corrected chi connectivity index (χ2v) is 3.66. The molecule has 0 aliphatic carbocycles. The molecule has 0 bridgehead atoms. The molecule has 2 rings (SSSR count). The minimum atomic E-state index is -0.410. The first-order valence-corrected chi connectivity index (χ1v) is 5.74. The highest BCUT2D eigenvalue weighted by Gasteiger charge is 2.10. The highest BCUT2D eigenvalue weighted by atomic mass is 16.5. The molecule has 0 spiro atoms. The normalized spacial score (nSPS) is 10.0. The van der Waals surface area contributed by atoms with Crippen LogP contribution >= 0.6 is 0 Å². The van der Waals surface area contributed by atoms with Crippen molar-refractivity contribution in [3.05, 3.63) is 36.3 Å². The van der Waals surface area contributed by atoms with Gasteiger partial charge in [0.05, 0.1) is 31.2 Å². The van der Waals surface area contributed by atoms with Crippen molar-refractivity contribution < 1.29 is 14.3 Å². The summed E-state index contributed by atoms with van der Waals surface area (Å²) < 4.78 is 10.0. The third-order valence-corrected chi connectivity index (χ3v) is 2.41. The van der Waals surface area contributed by atoms with Gasteiger partial charge >= 0.3 is 5.97 Å². The van der Waals surface area contributed by atoms with Crippen LogP contribution in [-0.4, -0.2) is 34.9 Å². The fourth-order valence-corrected chi connectivity index (χ4v) is 1.51. The maximum Gasteiger partial charge on any atom is 0.339 e. The van der Waals surface area contributed by atoms with Gasteiger partial charge in [-0.15, -0.1) is 0 Å². The van der Waals surface area contributed by atoms with Gasteiger partial charge in [0.2, 0.25) is 0 Å². The van der Waals surface area contributed by atoms with Gasteiger partial charge in [-0.3, -0.25) is 4.98 Å². The van der Waals surface area contributed by atoms with Crippen molar-refractivity contribution in [2.75, 3.05) is 13.7 Å². The van der Waals surface area contributed by atoms with Crippen LogP contribution in [0.2, 0.25) is 0 Å². The zero-order valence-corrected chi connectivity index (χ0v) is 10.7. The quantitative estimate of drug-likeness (QED) is 0.778. The number of rotatable bonds is 4. The summed E-state index contributed by atoms with van der Waals surface area (Å²) in [7, 11) is 1.55. The van der Waals surface area contributed by atoms with E-state index in [-0.39, 0.29) is 0 Å². The summed E-state index contributed by atoms with van der Waals surface area (Å²) in [6.07, 6.45) is 4.56. The van der Waals surface area contributed by atoms with Crippen LogP contribution in [0.1, 0.15) is 17.3 Å². The summed E-state index contributed by atoms with van der Waals surface area (Å²) >= 11 is 0. The Morgan fingerprint density at radius 1 is 1.26 bits per heavy atom. The Morgan fingerprint density at radius 3 is 2.84 bits per heavy atom. The van der Waals surface area contributed by atoms with Gasteiger partial charge in [0.1, 0.15) is 5.75 Å². The molecular weight excluding hydrogens is 246 g/mol. The second-order valence-electron chi connectivity index (χ2n) is 3.66. The number of pyridine rings is 1. The van der Waals surface area contributed by atoms with Crippen molar-refractivity contribution in [3.63, 3.8) is 0 Å². The first-order valence-electron chi connectivity index (χ1n) is 5.74. The highest BCUT2D eigenvalue weighted by Crippen LogP contribution is 2.20. The minimum absolute atomic E-state index is 0.321. The molecule has 98 valence electrons. The van der Waals surface area contributed by atoms with E-state index in [0.29, 0.717) is 29.2 Å². The molecule has 2 aromatic heterocycles. The van der Waals surface area contributed by atoms with E-state index in [0.717, 1.165) is 0 Å². The van der Waals surface area contributed by atoms with Gasteiger partial charge in [0, 0.05) is 24.0 Å². The largest absolute Gasteiger partial charge is 0.495 e. The van der Waals surface area contributed by atoms with Crippen molar-refractivity contribution in [1.29, 1.82) is 0 Å². The molecule has 19 heavy (non-hydrogen) atoms. The second kappa shape index (κ2) is 5.90. The topological polar surface area (TPSA) is 74.2 Å². The van der Waals surface area contributed by atoms with E-state index in [2.05, 4.69) is 15.2 Å². The molecule has 0 amide bonds. The van der Waals surface area contributed by atoms with E-state index >= 15 is 0 Å². The highest BCUT2D eigenvalue weighted by molar-refractivity contribution is 5.90. The van der Waals surface area contributed by atoms with Crippen LogP contribution in [-0.2, 0) is 4.74 Å². The van der Waals surface area contributed by atoms with E-state index in [1.165, 1.54) is 12.4 Å². The first-order chi connectivity index (χ1) is 9.24. The van der Waals surface area contributed by atoms with Crippen LogP contribution in [0.3, 0.4) is 0 Å². The molecule has 6 heteroatoms. The van der Waals surface area contributed by atoms with Crippen molar-refractivity contribution in [3.8, 4) is 17.0 Å². The predicted octanol–water partition coefficient (Wildman–Crippen LogP) is 1.72. The fourth-order valence-electron chi connectivity index (χ4n) is 1.51. The van der Waals surface area contributed by atoms with Crippen molar-refractivity contribution in [2.45, 2.75) is 6.92 Å². The molecule has 0 N–H and O–H groups in total. The summed E-state index contributed by atoms with van der Waals surface area (Å²) in [5, 5.41) is 7.81. The zero-order valence-electron chi connectivity index (χ0n) is 10.7. The smallest absolute Gasteiger partial charge is 0.339 e. The summed E-state index contributed by atoms with van der Waals surface area (Å²) in [6, 6.07) is 3.38. The standard InChI is InChI=1S/C13H13N3O3/c1-3-19-13(17)10-4-9(6-14-7-10)12-5-11(18-2)8-15-16-12/h4-8H,3H2,1-2H3. The Hall–Kier alpha value is -2.50. The van der Waals surface area contributed by atoms with E-state index in [9.17, 15) is 4.79 Å². The number of methoxy groups -OCH3 is 1. The maximum absolute atomic E-state index is 11.6. The van der Waals surface area contributed by atoms with Crippen LogP contribution in [0.15, 0.2) is 30.7 Å². The Kier molecular flexibility index (Phi) is 4.02. The maximum atomic E-state index is 11.6. The Labute approximate surface area is 110 Å². The third kappa shape index (κ3) is 3.04. The molecule has 0 aromatic carbocycles. The summed E-state index contributed by atoms with van der Waals surface area (Å²) in [5.41, 5.74) is 1.64. The molecule has 0 fully saturated rings. The number of hydrogen-bond acceptors (Lipinski definition) is 6. The van der Waals surface area contributed by atoms with Crippen LogP contribution in [0.25, 0.3) is 11.3 Å². The number of ether oxygens (including phenoxy) is 2. The number of nitrogens with zero attached hydrogens (tertiary/aromatic N) is 3. The Morgan fingerprint density at radius 2 is 2.11 bits per heavy atom. The van der Waals surface area contributed by atoms with Crippen molar-refractivity contribution in [2.24, 2.45) is 0 Å². The molecule has 2 heterocycles. The molecule has 0 unspecified atom stereocenters. The zero-order chi connectivity index (χ0) is 13.7. The van der Waals surface area contributed by atoms with Crippen molar-refractivity contribution >= 4 is 5.97 Å². The number of carbonyl (C=O) groups excluding carboxylic acids is 1. The lowest BCUT2D eigenvalue weighted by molar-refractivity contribution is 0.0526. The number of esters is 1.